The topological polar surface area (TPSA) is 131 Å². The maximum absolute atomic E-state index is 13.8. The average Bonchev–Trinajstić information content (AvgIpc) is 3.23. The first-order valence-corrected chi connectivity index (χ1v) is 14.8. The van der Waals surface area contributed by atoms with Crippen LogP contribution in [0.1, 0.15) is 50.7 Å². The van der Waals surface area contributed by atoms with E-state index in [4.69, 9.17) is 4.98 Å². The molecule has 2 aromatic carbocycles. The molecule has 0 unspecified atom stereocenters. The second-order valence-corrected chi connectivity index (χ2v) is 12.3. The number of fused-ring (bicyclic) bond motifs is 2. The van der Waals surface area contributed by atoms with Crippen molar-refractivity contribution < 1.29 is 13.2 Å². The van der Waals surface area contributed by atoms with Crippen molar-refractivity contribution in [2.24, 2.45) is 5.92 Å². The van der Waals surface area contributed by atoms with Crippen molar-refractivity contribution in [3.63, 3.8) is 0 Å². The second-order valence-electron chi connectivity index (χ2n) is 10.6. The quantitative estimate of drug-likeness (QED) is 0.480. The van der Waals surface area contributed by atoms with E-state index in [1.807, 2.05) is 13.0 Å². The summed E-state index contributed by atoms with van der Waals surface area (Å²) in [5.74, 6) is 1.50. The average molecular weight is 544 g/mol. The molecule has 0 radical (unpaired) electrons. The van der Waals surface area contributed by atoms with E-state index in [2.05, 4.69) is 32.9 Å². The van der Waals surface area contributed by atoms with Crippen LogP contribution in [0, 0.1) is 17.2 Å². The lowest BCUT2D eigenvalue weighted by Crippen LogP contribution is -2.55. The Morgan fingerprint density at radius 1 is 1.10 bits per heavy atom. The molecule has 1 aromatic heterocycles. The molecule has 3 aromatic rings. The van der Waals surface area contributed by atoms with Crippen molar-refractivity contribution in [3.05, 3.63) is 59.8 Å². The molecule has 2 aliphatic heterocycles. The highest BCUT2D eigenvalue weighted by molar-refractivity contribution is 7.92. The Morgan fingerprint density at radius 3 is 2.67 bits per heavy atom. The van der Waals surface area contributed by atoms with Gasteiger partial charge in [-0.05, 0) is 80.5 Å². The van der Waals surface area contributed by atoms with Crippen LogP contribution in [0.3, 0.4) is 0 Å². The maximum Gasteiger partial charge on any atom is 0.254 e. The molecule has 10 nitrogen and oxygen atoms in total. The van der Waals surface area contributed by atoms with E-state index in [1.54, 1.807) is 47.5 Å². The minimum absolute atomic E-state index is 0.0763. The summed E-state index contributed by atoms with van der Waals surface area (Å²) in [6.45, 7) is 4.17. The summed E-state index contributed by atoms with van der Waals surface area (Å²) in [5, 5.41) is 12.7. The number of rotatable bonds is 4. The van der Waals surface area contributed by atoms with Crippen molar-refractivity contribution in [1.82, 2.24) is 9.97 Å². The Labute approximate surface area is 227 Å². The van der Waals surface area contributed by atoms with E-state index >= 15 is 0 Å². The van der Waals surface area contributed by atoms with Crippen molar-refractivity contribution in [2.75, 3.05) is 19.8 Å². The first kappa shape index (κ1) is 25.1. The maximum atomic E-state index is 13.8. The molecule has 3 aliphatic rings. The van der Waals surface area contributed by atoms with Crippen LogP contribution in [0.5, 0.6) is 0 Å². The van der Waals surface area contributed by atoms with Gasteiger partial charge in [-0.25, -0.2) is 13.4 Å². The molecule has 0 spiro atoms. The summed E-state index contributed by atoms with van der Waals surface area (Å²) in [6.07, 6.45) is 5.77. The standard InChI is InChI=1S/C28H29N7O3S/c1-17-6-9-22(10-7-17)34-18(2)27(36)35(23-5-3-4-19(12-23)14-29)25-15-30-28(32-26(25)34)31-21-8-11-24-20(13-21)16-39(37,38)33-24/h3-5,8,11-13,15,17-18,22,33H,6-7,9-10,16H2,1-2H3,(H,30,31,32)/t17?,18-,22?/m1/s1. The van der Waals surface area contributed by atoms with Crippen LogP contribution in [0.2, 0.25) is 0 Å². The van der Waals surface area contributed by atoms with Crippen LogP contribution >= 0.6 is 0 Å². The van der Waals surface area contributed by atoms with Crippen LogP contribution in [-0.4, -0.2) is 36.4 Å². The van der Waals surface area contributed by atoms with Crippen LogP contribution in [0.4, 0.5) is 34.5 Å². The molecule has 0 bridgehead atoms. The Hall–Kier alpha value is -4.17. The molecule has 39 heavy (non-hydrogen) atoms. The van der Waals surface area contributed by atoms with Crippen LogP contribution < -0.4 is 19.8 Å². The monoisotopic (exact) mass is 543 g/mol. The van der Waals surface area contributed by atoms with Crippen molar-refractivity contribution in [2.45, 2.75) is 57.4 Å². The van der Waals surface area contributed by atoms with Gasteiger partial charge in [0.2, 0.25) is 16.0 Å². The normalized spacial score (nSPS) is 23.4. The smallest absolute Gasteiger partial charge is 0.254 e. The number of nitrogens with one attached hydrogen (secondary N) is 2. The van der Waals surface area contributed by atoms with E-state index in [9.17, 15) is 18.5 Å². The number of nitriles is 1. The zero-order valence-corrected chi connectivity index (χ0v) is 22.6. The predicted molar refractivity (Wildman–Crippen MR) is 150 cm³/mol. The van der Waals surface area contributed by atoms with Gasteiger partial charge in [-0.3, -0.25) is 14.4 Å². The largest absolute Gasteiger partial charge is 0.340 e. The van der Waals surface area contributed by atoms with Gasteiger partial charge in [0, 0.05) is 11.7 Å². The number of hydrogen-bond donors (Lipinski definition) is 2. The molecule has 1 aliphatic carbocycles. The molecular weight excluding hydrogens is 514 g/mol. The van der Waals surface area contributed by atoms with Crippen LogP contribution in [-0.2, 0) is 20.6 Å². The van der Waals surface area contributed by atoms with E-state index < -0.39 is 16.1 Å². The molecule has 200 valence electrons. The number of nitrogens with zero attached hydrogens (tertiary/aromatic N) is 5. The van der Waals surface area contributed by atoms with Gasteiger partial charge in [-0.2, -0.15) is 10.2 Å². The Kier molecular flexibility index (Phi) is 6.14. The van der Waals surface area contributed by atoms with Gasteiger partial charge in [0.15, 0.2) is 5.82 Å². The van der Waals surface area contributed by atoms with E-state index in [1.165, 1.54) is 0 Å². The number of amides is 1. The highest BCUT2D eigenvalue weighted by atomic mass is 32.2. The molecule has 1 amide bonds. The molecule has 1 atom stereocenters. The van der Waals surface area contributed by atoms with Gasteiger partial charge in [-0.15, -0.1) is 0 Å². The third-order valence-corrected chi connectivity index (χ3v) is 9.04. The van der Waals surface area contributed by atoms with Gasteiger partial charge in [-0.1, -0.05) is 13.0 Å². The Bertz CT molecular complexity index is 1610. The summed E-state index contributed by atoms with van der Waals surface area (Å²) >= 11 is 0. The number of benzene rings is 2. The minimum Gasteiger partial charge on any atom is -0.340 e. The van der Waals surface area contributed by atoms with Gasteiger partial charge in [0.25, 0.3) is 5.91 Å². The van der Waals surface area contributed by atoms with Crippen molar-refractivity contribution in [1.29, 1.82) is 5.26 Å². The molecule has 0 saturated heterocycles. The summed E-state index contributed by atoms with van der Waals surface area (Å²) in [5.41, 5.74) is 3.56. The number of carbonyl (C=O) groups excluding carboxylic acids is 1. The zero-order chi connectivity index (χ0) is 27.3. The first-order chi connectivity index (χ1) is 18.7. The van der Waals surface area contributed by atoms with Gasteiger partial charge in [0.05, 0.1) is 35.0 Å². The van der Waals surface area contributed by atoms with Gasteiger partial charge in [0.1, 0.15) is 11.7 Å². The minimum atomic E-state index is -3.35. The van der Waals surface area contributed by atoms with Gasteiger partial charge >= 0.3 is 0 Å². The third kappa shape index (κ3) is 4.65. The molecule has 2 N–H and O–H groups in total. The summed E-state index contributed by atoms with van der Waals surface area (Å²) in [4.78, 5) is 27.0. The molecular formula is C28H29N7O3S. The summed E-state index contributed by atoms with van der Waals surface area (Å²) in [7, 11) is -3.35. The van der Waals surface area contributed by atoms with E-state index in [0.29, 0.717) is 51.6 Å². The lowest BCUT2D eigenvalue weighted by atomic mass is 9.85. The molecule has 1 fully saturated rings. The molecule has 3 heterocycles. The number of sulfonamides is 1. The zero-order valence-electron chi connectivity index (χ0n) is 21.8. The van der Waals surface area contributed by atoms with Crippen LogP contribution in [0.25, 0.3) is 0 Å². The number of anilines is 6. The van der Waals surface area contributed by atoms with E-state index in [0.717, 1.165) is 25.7 Å². The second kappa shape index (κ2) is 9.54. The fraction of sp³-hybridized carbons (Fsp3) is 0.357. The van der Waals surface area contributed by atoms with Crippen molar-refractivity contribution in [3.8, 4) is 6.07 Å². The number of carbonyl (C=O) groups is 1. The van der Waals surface area contributed by atoms with E-state index in [-0.39, 0.29) is 17.7 Å². The lowest BCUT2D eigenvalue weighted by Gasteiger charge is -2.46. The molecule has 6 rings (SSSR count). The fourth-order valence-corrected chi connectivity index (χ4v) is 7.06. The molecule has 11 heteroatoms. The lowest BCUT2D eigenvalue weighted by molar-refractivity contribution is -0.119. The number of hydrogen-bond acceptors (Lipinski definition) is 8. The Balaban J connectivity index is 1.41. The number of aromatic nitrogens is 2. The summed E-state index contributed by atoms with van der Waals surface area (Å²) < 4.78 is 26.5. The molecule has 1 saturated carbocycles. The third-order valence-electron chi connectivity index (χ3n) is 7.82. The Morgan fingerprint density at radius 2 is 1.90 bits per heavy atom. The highest BCUT2D eigenvalue weighted by Crippen LogP contribution is 2.43. The fourth-order valence-electron chi connectivity index (χ4n) is 5.80. The predicted octanol–water partition coefficient (Wildman–Crippen LogP) is 4.80. The first-order valence-electron chi connectivity index (χ1n) is 13.1. The van der Waals surface area contributed by atoms with Crippen LogP contribution in [0.15, 0.2) is 48.7 Å². The highest BCUT2D eigenvalue weighted by Gasteiger charge is 2.42. The van der Waals surface area contributed by atoms with Crippen molar-refractivity contribution >= 4 is 50.4 Å². The van der Waals surface area contributed by atoms with Gasteiger partial charge < -0.3 is 10.2 Å². The summed E-state index contributed by atoms with van der Waals surface area (Å²) in [6, 6.07) is 14.1. The SMILES string of the molecule is CC1CCC(N2c3nc(Nc4ccc5c(c4)CS(=O)(=O)N5)ncc3N(c3cccc(C#N)c3)C(=O)[C@H]2C)CC1.